The highest BCUT2D eigenvalue weighted by Gasteiger charge is 2.42. The number of rotatable bonds is 7. The number of benzene rings is 1. The van der Waals surface area contributed by atoms with Crippen LogP contribution in [0.4, 0.5) is 0 Å². The second kappa shape index (κ2) is 9.26. The van der Waals surface area contributed by atoms with Crippen LogP contribution < -0.4 is 10.1 Å². The average molecular weight is 360 g/mol. The van der Waals surface area contributed by atoms with E-state index in [-0.39, 0.29) is 0 Å². The first kappa shape index (κ1) is 19.0. The fourth-order valence-electron chi connectivity index (χ4n) is 3.81. The molecular weight excluding hydrogens is 326 g/mol. The second-order valence-electron chi connectivity index (χ2n) is 7.46. The van der Waals surface area contributed by atoms with E-state index in [1.54, 1.807) is 0 Å². The number of hydrogen-bond donors (Lipinski definition) is 1. The summed E-state index contributed by atoms with van der Waals surface area (Å²) >= 11 is 0. The minimum atomic E-state index is 0.362. The first-order chi connectivity index (χ1) is 12.7. The van der Waals surface area contributed by atoms with Crippen LogP contribution in [-0.2, 0) is 11.2 Å². The van der Waals surface area contributed by atoms with Gasteiger partial charge in [0, 0.05) is 38.2 Å². The van der Waals surface area contributed by atoms with E-state index in [4.69, 9.17) is 14.5 Å². The van der Waals surface area contributed by atoms with Gasteiger partial charge in [-0.05, 0) is 50.3 Å². The van der Waals surface area contributed by atoms with Gasteiger partial charge in [-0.3, -0.25) is 4.99 Å². The van der Waals surface area contributed by atoms with Crippen molar-refractivity contribution in [1.82, 2.24) is 10.2 Å². The van der Waals surface area contributed by atoms with Crippen LogP contribution in [0.1, 0.15) is 38.7 Å². The minimum absolute atomic E-state index is 0.362. The maximum absolute atomic E-state index is 5.73. The first-order valence-electron chi connectivity index (χ1n) is 10.1. The van der Waals surface area contributed by atoms with E-state index >= 15 is 0 Å². The van der Waals surface area contributed by atoms with Gasteiger partial charge in [-0.25, -0.2) is 0 Å². The van der Waals surface area contributed by atoms with Crippen molar-refractivity contribution in [3.05, 3.63) is 29.8 Å². The second-order valence-corrected chi connectivity index (χ2v) is 7.46. The molecule has 2 aliphatic rings. The van der Waals surface area contributed by atoms with Crippen LogP contribution in [0.3, 0.4) is 0 Å². The number of nitrogens with zero attached hydrogens (tertiary/aromatic N) is 2. The molecule has 0 saturated carbocycles. The Bertz CT molecular complexity index is 597. The summed E-state index contributed by atoms with van der Waals surface area (Å²) in [6, 6.07) is 8.39. The van der Waals surface area contributed by atoms with Crippen molar-refractivity contribution in [3.8, 4) is 5.75 Å². The third-order valence-corrected chi connectivity index (χ3v) is 5.29. The number of aliphatic imine (C=N–C) groups is 1. The van der Waals surface area contributed by atoms with Gasteiger partial charge in [0.05, 0.1) is 13.2 Å². The van der Waals surface area contributed by atoms with Crippen molar-refractivity contribution in [1.29, 1.82) is 0 Å². The number of likely N-dealkylation sites (tertiary alicyclic amines) is 1. The molecule has 0 radical (unpaired) electrons. The van der Waals surface area contributed by atoms with Crippen LogP contribution in [0.5, 0.6) is 5.75 Å². The van der Waals surface area contributed by atoms with Crippen molar-refractivity contribution < 1.29 is 9.47 Å². The Balaban J connectivity index is 1.56. The van der Waals surface area contributed by atoms with E-state index in [2.05, 4.69) is 42.3 Å². The van der Waals surface area contributed by atoms with Crippen LogP contribution in [0.25, 0.3) is 0 Å². The maximum Gasteiger partial charge on any atom is 0.193 e. The summed E-state index contributed by atoms with van der Waals surface area (Å²) in [7, 11) is 0. The Morgan fingerprint density at radius 3 is 3.04 bits per heavy atom. The Kier molecular flexibility index (Phi) is 6.78. The summed E-state index contributed by atoms with van der Waals surface area (Å²) in [5, 5.41) is 3.47. The molecule has 26 heavy (non-hydrogen) atoms. The van der Waals surface area contributed by atoms with E-state index in [0.29, 0.717) is 5.41 Å². The zero-order valence-electron chi connectivity index (χ0n) is 16.3. The average Bonchev–Trinajstić information content (AvgIpc) is 3.30. The summed E-state index contributed by atoms with van der Waals surface area (Å²) in [6.45, 7) is 10.7. The standard InChI is InChI=1S/C21H33N3O2/c1-3-13-26-19-7-5-6-18(15-19)8-11-23-20(22-4-2)24-12-9-21(16-24)10-14-25-17-21/h5-7,15H,3-4,8-14,16-17H2,1-2H3,(H,22,23). The normalized spacial score (nSPS) is 23.0. The topological polar surface area (TPSA) is 46.1 Å². The highest BCUT2D eigenvalue weighted by atomic mass is 16.5. The number of hydrogen-bond acceptors (Lipinski definition) is 3. The summed E-state index contributed by atoms with van der Waals surface area (Å²) in [6.07, 6.45) is 4.37. The summed E-state index contributed by atoms with van der Waals surface area (Å²) < 4.78 is 11.4. The van der Waals surface area contributed by atoms with E-state index in [1.165, 1.54) is 18.4 Å². The number of guanidine groups is 1. The SMILES string of the molecule is CCCOc1cccc(CCN=C(NCC)N2CCC3(CCOC3)C2)c1. The molecule has 1 aromatic carbocycles. The molecule has 144 valence electrons. The van der Waals surface area contributed by atoms with E-state index in [0.717, 1.165) is 70.6 Å². The molecule has 5 nitrogen and oxygen atoms in total. The van der Waals surface area contributed by atoms with Crippen molar-refractivity contribution in [3.63, 3.8) is 0 Å². The van der Waals surface area contributed by atoms with E-state index in [1.807, 2.05) is 6.07 Å². The van der Waals surface area contributed by atoms with Gasteiger partial charge in [0.25, 0.3) is 0 Å². The molecular formula is C21H33N3O2. The smallest absolute Gasteiger partial charge is 0.193 e. The van der Waals surface area contributed by atoms with Crippen molar-refractivity contribution in [2.75, 3.05) is 46.0 Å². The zero-order chi connectivity index (χ0) is 18.2. The molecule has 2 saturated heterocycles. The van der Waals surface area contributed by atoms with Gasteiger partial charge in [-0.15, -0.1) is 0 Å². The van der Waals surface area contributed by atoms with Gasteiger partial charge in [-0.2, -0.15) is 0 Å². The summed E-state index contributed by atoms with van der Waals surface area (Å²) in [5.74, 6) is 2.01. The number of ether oxygens (including phenoxy) is 2. The Hall–Kier alpha value is -1.75. The van der Waals surface area contributed by atoms with Crippen LogP contribution >= 0.6 is 0 Å². The largest absolute Gasteiger partial charge is 0.494 e. The maximum atomic E-state index is 5.73. The van der Waals surface area contributed by atoms with E-state index in [9.17, 15) is 0 Å². The van der Waals surface area contributed by atoms with Gasteiger partial charge >= 0.3 is 0 Å². The lowest BCUT2D eigenvalue weighted by Gasteiger charge is -2.25. The fraction of sp³-hybridized carbons (Fsp3) is 0.667. The minimum Gasteiger partial charge on any atom is -0.494 e. The van der Waals surface area contributed by atoms with Gasteiger partial charge in [0.1, 0.15) is 5.75 Å². The molecule has 2 fully saturated rings. The lowest BCUT2D eigenvalue weighted by atomic mass is 9.87. The van der Waals surface area contributed by atoms with Gasteiger partial charge < -0.3 is 19.7 Å². The van der Waals surface area contributed by atoms with Crippen LogP contribution in [0, 0.1) is 5.41 Å². The summed E-state index contributed by atoms with van der Waals surface area (Å²) in [5.41, 5.74) is 1.64. The predicted octanol–water partition coefficient (Wildman–Crippen LogP) is 3.10. The Morgan fingerprint density at radius 2 is 2.27 bits per heavy atom. The van der Waals surface area contributed by atoms with Crippen molar-refractivity contribution in [2.24, 2.45) is 10.4 Å². The highest BCUT2D eigenvalue weighted by Crippen LogP contribution is 2.38. The monoisotopic (exact) mass is 359 g/mol. The van der Waals surface area contributed by atoms with E-state index < -0.39 is 0 Å². The Morgan fingerprint density at radius 1 is 1.35 bits per heavy atom. The molecule has 1 unspecified atom stereocenters. The predicted molar refractivity (Wildman–Crippen MR) is 106 cm³/mol. The lowest BCUT2D eigenvalue weighted by molar-refractivity contribution is 0.156. The molecule has 0 aliphatic carbocycles. The molecule has 3 rings (SSSR count). The molecule has 0 bridgehead atoms. The quantitative estimate of drug-likeness (QED) is 0.600. The lowest BCUT2D eigenvalue weighted by Crippen LogP contribution is -2.41. The highest BCUT2D eigenvalue weighted by molar-refractivity contribution is 5.80. The third-order valence-electron chi connectivity index (χ3n) is 5.29. The molecule has 0 amide bonds. The molecule has 1 atom stereocenters. The van der Waals surface area contributed by atoms with Gasteiger partial charge in [0.15, 0.2) is 5.96 Å². The molecule has 5 heteroatoms. The zero-order valence-corrected chi connectivity index (χ0v) is 16.3. The Labute approximate surface area is 157 Å². The molecule has 1 spiro atoms. The molecule has 0 aromatic heterocycles. The van der Waals surface area contributed by atoms with Gasteiger partial charge in [0.2, 0.25) is 0 Å². The van der Waals surface area contributed by atoms with Crippen LogP contribution in [0.2, 0.25) is 0 Å². The summed E-state index contributed by atoms with van der Waals surface area (Å²) in [4.78, 5) is 7.30. The van der Waals surface area contributed by atoms with Crippen LogP contribution in [-0.4, -0.2) is 56.9 Å². The fourth-order valence-corrected chi connectivity index (χ4v) is 3.81. The molecule has 1 N–H and O–H groups in total. The first-order valence-corrected chi connectivity index (χ1v) is 10.1. The number of nitrogens with one attached hydrogen (secondary N) is 1. The van der Waals surface area contributed by atoms with Crippen molar-refractivity contribution >= 4 is 5.96 Å². The molecule has 2 heterocycles. The van der Waals surface area contributed by atoms with Crippen molar-refractivity contribution in [2.45, 2.75) is 39.5 Å². The van der Waals surface area contributed by atoms with Crippen LogP contribution in [0.15, 0.2) is 29.3 Å². The molecule has 1 aromatic rings. The molecule has 2 aliphatic heterocycles. The van der Waals surface area contributed by atoms with Gasteiger partial charge in [-0.1, -0.05) is 19.1 Å². The third kappa shape index (κ3) is 4.91.